The van der Waals surface area contributed by atoms with Crippen LogP contribution < -0.4 is 10.5 Å². The van der Waals surface area contributed by atoms with E-state index in [1.54, 1.807) is 7.11 Å². The molecule has 1 rings (SSSR count). The second kappa shape index (κ2) is 7.51. The quantitative estimate of drug-likeness (QED) is 0.785. The van der Waals surface area contributed by atoms with Crippen molar-refractivity contribution in [3.63, 3.8) is 0 Å². The largest absolute Gasteiger partial charge is 0.493 e. The molecule has 0 aliphatic rings. The average molecular weight is 265 g/mol. The van der Waals surface area contributed by atoms with Crippen LogP contribution in [0.3, 0.4) is 0 Å². The van der Waals surface area contributed by atoms with Crippen LogP contribution in [-0.4, -0.2) is 25.4 Å². The number of methoxy groups -OCH3 is 1. The summed E-state index contributed by atoms with van der Waals surface area (Å²) in [7, 11) is 1.73. The molecule has 1 aromatic rings. The standard InChI is InChI=1S/C16H27NO2/c1-13(17)5-6-14-7-9-15(10-8-14)19-12-11-16(2,3)18-4/h7-10,13H,5-6,11-12,17H2,1-4H3. The Labute approximate surface area is 117 Å². The van der Waals surface area contributed by atoms with Crippen LogP contribution in [-0.2, 0) is 11.2 Å². The molecule has 3 heteroatoms. The molecule has 0 saturated carbocycles. The second-order valence-electron chi connectivity index (χ2n) is 5.72. The Hall–Kier alpha value is -1.06. The minimum absolute atomic E-state index is 0.128. The summed E-state index contributed by atoms with van der Waals surface area (Å²) in [6.45, 7) is 6.83. The van der Waals surface area contributed by atoms with E-state index in [0.29, 0.717) is 6.61 Å². The van der Waals surface area contributed by atoms with Crippen molar-refractivity contribution in [1.29, 1.82) is 0 Å². The molecule has 108 valence electrons. The van der Waals surface area contributed by atoms with E-state index in [2.05, 4.69) is 26.0 Å². The van der Waals surface area contributed by atoms with E-state index < -0.39 is 0 Å². The van der Waals surface area contributed by atoms with Gasteiger partial charge in [0.15, 0.2) is 0 Å². The molecule has 0 aromatic heterocycles. The minimum atomic E-state index is -0.128. The first kappa shape index (κ1) is 16.0. The van der Waals surface area contributed by atoms with Crippen molar-refractivity contribution in [2.45, 2.75) is 51.7 Å². The zero-order valence-electron chi connectivity index (χ0n) is 12.6. The van der Waals surface area contributed by atoms with Gasteiger partial charge in [0.25, 0.3) is 0 Å². The predicted molar refractivity (Wildman–Crippen MR) is 79.6 cm³/mol. The summed E-state index contributed by atoms with van der Waals surface area (Å²) in [6, 6.07) is 8.53. The fourth-order valence-electron chi connectivity index (χ4n) is 1.66. The maximum atomic E-state index is 5.75. The lowest BCUT2D eigenvalue weighted by molar-refractivity contribution is 0.00545. The number of hydrogen-bond acceptors (Lipinski definition) is 3. The molecule has 0 fully saturated rings. The Bertz CT molecular complexity index is 358. The number of rotatable bonds is 8. The first-order valence-corrected chi connectivity index (χ1v) is 6.95. The van der Waals surface area contributed by atoms with Gasteiger partial charge in [-0.15, -0.1) is 0 Å². The topological polar surface area (TPSA) is 44.5 Å². The summed E-state index contributed by atoms with van der Waals surface area (Å²) in [5, 5.41) is 0. The van der Waals surface area contributed by atoms with E-state index in [-0.39, 0.29) is 11.6 Å². The van der Waals surface area contributed by atoms with Crippen LogP contribution in [0.2, 0.25) is 0 Å². The number of ether oxygens (including phenoxy) is 2. The molecule has 1 atom stereocenters. The Kier molecular flexibility index (Phi) is 6.32. The van der Waals surface area contributed by atoms with E-state index in [9.17, 15) is 0 Å². The summed E-state index contributed by atoms with van der Waals surface area (Å²) < 4.78 is 11.1. The molecule has 1 unspecified atom stereocenters. The van der Waals surface area contributed by atoms with Crippen LogP contribution in [0.1, 0.15) is 39.2 Å². The van der Waals surface area contributed by atoms with E-state index >= 15 is 0 Å². The molecule has 3 nitrogen and oxygen atoms in total. The van der Waals surface area contributed by atoms with E-state index in [0.717, 1.165) is 25.0 Å². The summed E-state index contributed by atoms with van der Waals surface area (Å²) in [5.74, 6) is 0.913. The number of nitrogens with two attached hydrogens (primary N) is 1. The maximum absolute atomic E-state index is 5.75. The molecule has 0 amide bonds. The molecule has 0 aliphatic carbocycles. The van der Waals surface area contributed by atoms with Crippen LogP contribution in [0.4, 0.5) is 0 Å². The molecule has 2 N–H and O–H groups in total. The van der Waals surface area contributed by atoms with E-state index in [1.165, 1.54) is 5.56 Å². The van der Waals surface area contributed by atoms with Gasteiger partial charge in [-0.25, -0.2) is 0 Å². The third kappa shape index (κ3) is 6.60. The lowest BCUT2D eigenvalue weighted by atomic mass is 10.1. The molecule has 0 spiro atoms. The van der Waals surface area contributed by atoms with Gasteiger partial charge in [0, 0.05) is 19.6 Å². The molecule has 0 aliphatic heterocycles. The van der Waals surface area contributed by atoms with Gasteiger partial charge in [-0.2, -0.15) is 0 Å². The fourth-order valence-corrected chi connectivity index (χ4v) is 1.66. The van der Waals surface area contributed by atoms with Crippen LogP contribution >= 0.6 is 0 Å². The van der Waals surface area contributed by atoms with Gasteiger partial charge in [-0.1, -0.05) is 12.1 Å². The minimum Gasteiger partial charge on any atom is -0.493 e. The Morgan fingerprint density at radius 1 is 1.21 bits per heavy atom. The SMILES string of the molecule is COC(C)(C)CCOc1ccc(CCC(C)N)cc1. The molecule has 0 radical (unpaired) electrons. The molecular formula is C16H27NO2. The summed E-state index contributed by atoms with van der Waals surface area (Å²) in [5.41, 5.74) is 6.93. The number of hydrogen-bond donors (Lipinski definition) is 1. The van der Waals surface area contributed by atoms with Gasteiger partial charge in [0.05, 0.1) is 12.2 Å². The monoisotopic (exact) mass is 265 g/mol. The smallest absolute Gasteiger partial charge is 0.119 e. The first-order chi connectivity index (χ1) is 8.93. The van der Waals surface area contributed by atoms with Crippen molar-refractivity contribution in [2.75, 3.05) is 13.7 Å². The lowest BCUT2D eigenvalue weighted by Gasteiger charge is -2.22. The summed E-state index contributed by atoms with van der Waals surface area (Å²) in [4.78, 5) is 0. The fraction of sp³-hybridized carbons (Fsp3) is 0.625. The molecule has 19 heavy (non-hydrogen) atoms. The average Bonchev–Trinajstić information content (AvgIpc) is 2.37. The normalized spacial score (nSPS) is 13.3. The van der Waals surface area contributed by atoms with Gasteiger partial charge in [-0.05, 0) is 51.3 Å². The van der Waals surface area contributed by atoms with Crippen molar-refractivity contribution < 1.29 is 9.47 Å². The van der Waals surface area contributed by atoms with E-state index in [4.69, 9.17) is 15.2 Å². The predicted octanol–water partition coefficient (Wildman–Crippen LogP) is 3.16. The third-order valence-corrected chi connectivity index (χ3v) is 3.34. The highest BCUT2D eigenvalue weighted by molar-refractivity contribution is 5.27. The Morgan fingerprint density at radius 3 is 2.37 bits per heavy atom. The Morgan fingerprint density at radius 2 is 1.84 bits per heavy atom. The van der Waals surface area contributed by atoms with Crippen LogP contribution in [0.15, 0.2) is 24.3 Å². The van der Waals surface area contributed by atoms with E-state index in [1.807, 2.05) is 19.1 Å². The summed E-state index contributed by atoms with van der Waals surface area (Å²) >= 11 is 0. The maximum Gasteiger partial charge on any atom is 0.119 e. The highest BCUT2D eigenvalue weighted by Crippen LogP contribution is 2.17. The highest BCUT2D eigenvalue weighted by atomic mass is 16.5. The zero-order valence-corrected chi connectivity index (χ0v) is 12.6. The molecule has 0 bridgehead atoms. The van der Waals surface area contributed by atoms with Gasteiger partial charge >= 0.3 is 0 Å². The lowest BCUT2D eigenvalue weighted by Crippen LogP contribution is -2.25. The third-order valence-electron chi connectivity index (χ3n) is 3.34. The van der Waals surface area contributed by atoms with Crippen molar-refractivity contribution in [2.24, 2.45) is 5.73 Å². The van der Waals surface area contributed by atoms with Crippen molar-refractivity contribution in [3.05, 3.63) is 29.8 Å². The first-order valence-electron chi connectivity index (χ1n) is 6.95. The number of benzene rings is 1. The number of aryl methyl sites for hydroxylation is 1. The van der Waals surface area contributed by atoms with Gasteiger partial charge in [-0.3, -0.25) is 0 Å². The second-order valence-corrected chi connectivity index (χ2v) is 5.72. The highest BCUT2D eigenvalue weighted by Gasteiger charge is 2.15. The van der Waals surface area contributed by atoms with Crippen molar-refractivity contribution in [3.8, 4) is 5.75 Å². The van der Waals surface area contributed by atoms with Crippen molar-refractivity contribution in [1.82, 2.24) is 0 Å². The van der Waals surface area contributed by atoms with Crippen LogP contribution in [0, 0.1) is 0 Å². The van der Waals surface area contributed by atoms with Crippen molar-refractivity contribution >= 4 is 0 Å². The molecule has 0 heterocycles. The van der Waals surface area contributed by atoms with Crippen LogP contribution in [0.25, 0.3) is 0 Å². The Balaban J connectivity index is 2.36. The van der Waals surface area contributed by atoms with Gasteiger partial charge in [0.2, 0.25) is 0 Å². The zero-order chi connectivity index (χ0) is 14.3. The molecule has 0 saturated heterocycles. The molecule has 1 aromatic carbocycles. The van der Waals surface area contributed by atoms with Gasteiger partial charge in [0.1, 0.15) is 5.75 Å². The van der Waals surface area contributed by atoms with Gasteiger partial charge < -0.3 is 15.2 Å². The van der Waals surface area contributed by atoms with Crippen LogP contribution in [0.5, 0.6) is 5.75 Å². The summed E-state index contributed by atoms with van der Waals surface area (Å²) in [6.07, 6.45) is 2.91. The molecular weight excluding hydrogens is 238 g/mol.